The Bertz CT molecular complexity index is 952. The first-order valence-electron chi connectivity index (χ1n) is 9.25. The van der Waals surface area contributed by atoms with Gasteiger partial charge in [0.1, 0.15) is 5.75 Å². The molecule has 3 aromatic rings. The summed E-state index contributed by atoms with van der Waals surface area (Å²) in [5, 5.41) is 7.91. The molecule has 0 aliphatic carbocycles. The Morgan fingerprint density at radius 1 is 1.00 bits per heavy atom. The predicted molar refractivity (Wildman–Crippen MR) is 106 cm³/mol. The van der Waals surface area contributed by atoms with Gasteiger partial charge in [-0.2, -0.15) is 0 Å². The van der Waals surface area contributed by atoms with E-state index in [-0.39, 0.29) is 24.9 Å². The SMILES string of the molecule is CC(C)Oc1ccc(C(=O)NNC(=O)CCc2nnc(-c3ccccc3)o2)cc1. The molecule has 0 aliphatic rings. The summed E-state index contributed by atoms with van der Waals surface area (Å²) >= 11 is 0. The number of carbonyl (C=O) groups excluding carboxylic acids is 2. The first-order chi connectivity index (χ1) is 14.0. The van der Waals surface area contributed by atoms with Crippen molar-refractivity contribution >= 4 is 11.8 Å². The number of carbonyl (C=O) groups is 2. The van der Waals surface area contributed by atoms with Crippen molar-refractivity contribution < 1.29 is 18.7 Å². The Morgan fingerprint density at radius 2 is 1.72 bits per heavy atom. The van der Waals surface area contributed by atoms with Crippen molar-refractivity contribution in [3.63, 3.8) is 0 Å². The third kappa shape index (κ3) is 5.90. The smallest absolute Gasteiger partial charge is 0.269 e. The molecule has 0 atom stereocenters. The van der Waals surface area contributed by atoms with Gasteiger partial charge in [-0.15, -0.1) is 10.2 Å². The lowest BCUT2D eigenvalue weighted by atomic mass is 10.2. The van der Waals surface area contributed by atoms with E-state index in [0.717, 1.165) is 5.56 Å². The summed E-state index contributed by atoms with van der Waals surface area (Å²) in [6.45, 7) is 3.85. The second kappa shape index (κ2) is 9.50. The normalized spacial score (nSPS) is 10.6. The Hall–Kier alpha value is -3.68. The molecule has 0 unspecified atom stereocenters. The largest absolute Gasteiger partial charge is 0.491 e. The number of rotatable bonds is 7. The maximum atomic E-state index is 12.1. The standard InChI is InChI=1S/C21H22N4O4/c1-14(2)28-17-10-8-15(9-11-17)20(27)24-22-18(26)12-13-19-23-25-21(29-19)16-6-4-3-5-7-16/h3-11,14H,12-13H2,1-2H3,(H,22,26)(H,24,27). The van der Waals surface area contributed by atoms with Gasteiger partial charge in [-0.1, -0.05) is 18.2 Å². The van der Waals surface area contributed by atoms with E-state index in [2.05, 4.69) is 21.0 Å². The number of ether oxygens (including phenoxy) is 1. The average molecular weight is 394 g/mol. The van der Waals surface area contributed by atoms with Crippen LogP contribution in [0.2, 0.25) is 0 Å². The van der Waals surface area contributed by atoms with E-state index in [1.807, 2.05) is 44.2 Å². The van der Waals surface area contributed by atoms with Gasteiger partial charge in [0.25, 0.3) is 5.91 Å². The van der Waals surface area contributed by atoms with Crippen LogP contribution < -0.4 is 15.6 Å². The van der Waals surface area contributed by atoms with Crippen molar-refractivity contribution in [3.05, 3.63) is 66.1 Å². The van der Waals surface area contributed by atoms with Crippen LogP contribution in [0.25, 0.3) is 11.5 Å². The highest BCUT2D eigenvalue weighted by Gasteiger charge is 2.12. The molecule has 0 saturated carbocycles. The number of nitrogens with zero attached hydrogens (tertiary/aromatic N) is 2. The molecular formula is C21H22N4O4. The van der Waals surface area contributed by atoms with E-state index in [1.54, 1.807) is 24.3 Å². The molecule has 0 fully saturated rings. The molecule has 0 aliphatic heterocycles. The van der Waals surface area contributed by atoms with Gasteiger partial charge in [-0.25, -0.2) is 0 Å². The van der Waals surface area contributed by atoms with E-state index in [0.29, 0.717) is 23.1 Å². The Labute approximate surface area is 168 Å². The summed E-state index contributed by atoms with van der Waals surface area (Å²) in [6, 6.07) is 16.0. The van der Waals surface area contributed by atoms with Gasteiger partial charge in [-0.05, 0) is 50.2 Å². The fourth-order valence-electron chi connectivity index (χ4n) is 2.49. The quantitative estimate of drug-likeness (QED) is 0.597. The van der Waals surface area contributed by atoms with Gasteiger partial charge in [0.15, 0.2) is 0 Å². The highest BCUT2D eigenvalue weighted by Crippen LogP contribution is 2.17. The van der Waals surface area contributed by atoms with E-state index in [4.69, 9.17) is 9.15 Å². The number of aryl methyl sites for hydroxylation is 1. The first kappa shape index (κ1) is 20.1. The average Bonchev–Trinajstić information content (AvgIpc) is 3.20. The zero-order valence-corrected chi connectivity index (χ0v) is 16.2. The summed E-state index contributed by atoms with van der Waals surface area (Å²) in [5.41, 5.74) is 5.98. The maximum absolute atomic E-state index is 12.1. The van der Waals surface area contributed by atoms with Gasteiger partial charge < -0.3 is 9.15 Å². The van der Waals surface area contributed by atoms with Crippen LogP contribution in [0.15, 0.2) is 59.0 Å². The van der Waals surface area contributed by atoms with Crippen molar-refractivity contribution in [2.24, 2.45) is 0 Å². The van der Waals surface area contributed by atoms with E-state index in [9.17, 15) is 9.59 Å². The van der Waals surface area contributed by atoms with Crippen LogP contribution in [0, 0.1) is 0 Å². The number of aromatic nitrogens is 2. The Morgan fingerprint density at radius 3 is 2.41 bits per heavy atom. The number of amides is 2. The van der Waals surface area contributed by atoms with E-state index in [1.165, 1.54) is 0 Å². The van der Waals surface area contributed by atoms with E-state index < -0.39 is 5.91 Å². The van der Waals surface area contributed by atoms with Crippen LogP contribution in [0.1, 0.15) is 36.5 Å². The summed E-state index contributed by atoms with van der Waals surface area (Å²) in [6.07, 6.45) is 0.414. The van der Waals surface area contributed by atoms with Gasteiger partial charge in [0.05, 0.1) is 6.10 Å². The molecule has 3 rings (SSSR count). The molecular weight excluding hydrogens is 372 g/mol. The monoisotopic (exact) mass is 394 g/mol. The highest BCUT2D eigenvalue weighted by molar-refractivity contribution is 5.95. The zero-order chi connectivity index (χ0) is 20.6. The minimum atomic E-state index is -0.418. The number of hydrogen-bond donors (Lipinski definition) is 2. The molecule has 1 heterocycles. The van der Waals surface area contributed by atoms with Crippen molar-refractivity contribution in [1.82, 2.24) is 21.0 Å². The number of hydrogen-bond acceptors (Lipinski definition) is 6. The fraction of sp³-hybridized carbons (Fsp3) is 0.238. The molecule has 2 amide bonds. The number of benzene rings is 2. The van der Waals surface area contributed by atoms with Crippen LogP contribution in [0.3, 0.4) is 0 Å². The van der Waals surface area contributed by atoms with Crippen molar-refractivity contribution in [2.45, 2.75) is 32.8 Å². The molecule has 1 aromatic heterocycles. The molecule has 8 heteroatoms. The lowest BCUT2D eigenvalue weighted by Gasteiger charge is -2.10. The second-order valence-corrected chi connectivity index (χ2v) is 6.56. The fourth-order valence-corrected chi connectivity index (χ4v) is 2.49. The molecule has 2 aromatic carbocycles. The van der Waals surface area contributed by atoms with Crippen LogP contribution in [-0.2, 0) is 11.2 Å². The minimum absolute atomic E-state index is 0.0524. The maximum Gasteiger partial charge on any atom is 0.269 e. The molecule has 0 saturated heterocycles. The molecule has 0 spiro atoms. The molecule has 8 nitrogen and oxygen atoms in total. The van der Waals surface area contributed by atoms with Crippen LogP contribution >= 0.6 is 0 Å². The van der Waals surface area contributed by atoms with Gasteiger partial charge in [-0.3, -0.25) is 20.4 Å². The zero-order valence-electron chi connectivity index (χ0n) is 16.2. The lowest BCUT2D eigenvalue weighted by molar-refractivity contribution is -0.121. The predicted octanol–water partition coefficient (Wildman–Crippen LogP) is 2.92. The second-order valence-electron chi connectivity index (χ2n) is 6.56. The lowest BCUT2D eigenvalue weighted by Crippen LogP contribution is -2.41. The highest BCUT2D eigenvalue weighted by atomic mass is 16.5. The molecule has 29 heavy (non-hydrogen) atoms. The van der Waals surface area contributed by atoms with E-state index >= 15 is 0 Å². The summed E-state index contributed by atoms with van der Waals surface area (Å²) < 4.78 is 11.1. The molecule has 2 N–H and O–H groups in total. The minimum Gasteiger partial charge on any atom is -0.491 e. The van der Waals surface area contributed by atoms with Gasteiger partial charge >= 0.3 is 0 Å². The molecule has 0 bridgehead atoms. The van der Waals surface area contributed by atoms with Gasteiger partial charge in [0.2, 0.25) is 17.7 Å². The van der Waals surface area contributed by atoms with Crippen molar-refractivity contribution in [3.8, 4) is 17.2 Å². The Kier molecular flexibility index (Phi) is 6.57. The van der Waals surface area contributed by atoms with Crippen LogP contribution in [-0.4, -0.2) is 28.1 Å². The number of hydrazine groups is 1. The van der Waals surface area contributed by atoms with Gasteiger partial charge in [0, 0.05) is 24.0 Å². The molecule has 0 radical (unpaired) electrons. The van der Waals surface area contributed by atoms with Crippen molar-refractivity contribution in [2.75, 3.05) is 0 Å². The summed E-state index contributed by atoms with van der Waals surface area (Å²) in [4.78, 5) is 24.1. The summed E-state index contributed by atoms with van der Waals surface area (Å²) in [5.74, 6) is 0.650. The van der Waals surface area contributed by atoms with Crippen LogP contribution in [0.4, 0.5) is 0 Å². The summed E-state index contributed by atoms with van der Waals surface area (Å²) in [7, 11) is 0. The topological polar surface area (TPSA) is 106 Å². The molecule has 150 valence electrons. The number of nitrogens with one attached hydrogen (secondary N) is 2. The van der Waals surface area contributed by atoms with Crippen molar-refractivity contribution in [1.29, 1.82) is 0 Å². The third-order valence-corrected chi connectivity index (χ3v) is 3.86. The first-order valence-corrected chi connectivity index (χ1v) is 9.25. The van der Waals surface area contributed by atoms with Crippen LogP contribution in [0.5, 0.6) is 5.75 Å². The Balaban J connectivity index is 1.44. The third-order valence-electron chi connectivity index (χ3n) is 3.86.